The van der Waals surface area contributed by atoms with Crippen LogP contribution in [-0.4, -0.2) is 5.78 Å². The summed E-state index contributed by atoms with van der Waals surface area (Å²) < 4.78 is 33.3. The molecular weight excluding hydrogens is 342 g/mol. The molecule has 0 unspecified atom stereocenters. The van der Waals surface area contributed by atoms with Gasteiger partial charge in [0, 0.05) is 9.86 Å². The largest absolute Gasteiger partial charge is 0.453 e. The molecule has 3 aromatic rings. The molecule has 21 heavy (non-hydrogen) atoms. The minimum absolute atomic E-state index is 0.0873. The van der Waals surface area contributed by atoms with Crippen molar-refractivity contribution >= 4 is 32.7 Å². The van der Waals surface area contributed by atoms with Crippen molar-refractivity contribution in [1.29, 1.82) is 0 Å². The van der Waals surface area contributed by atoms with E-state index in [1.165, 1.54) is 6.07 Å². The molecule has 0 spiro atoms. The number of ketones is 1. The van der Waals surface area contributed by atoms with Gasteiger partial charge in [-0.3, -0.25) is 4.79 Å². The number of hydrogen-bond donors (Lipinski definition) is 0. The Morgan fingerprint density at radius 2 is 1.76 bits per heavy atom. The Morgan fingerprint density at radius 1 is 1.10 bits per heavy atom. The summed E-state index contributed by atoms with van der Waals surface area (Å²) in [5, 5.41) is 0.719. The molecule has 5 heteroatoms. The third-order valence-electron chi connectivity index (χ3n) is 3.13. The van der Waals surface area contributed by atoms with Gasteiger partial charge in [-0.05, 0) is 37.3 Å². The highest BCUT2D eigenvalue weighted by Gasteiger charge is 2.23. The molecule has 0 aliphatic carbocycles. The third-order valence-corrected chi connectivity index (χ3v) is 3.59. The first kappa shape index (κ1) is 13.9. The van der Waals surface area contributed by atoms with Gasteiger partial charge in [0.15, 0.2) is 5.76 Å². The number of hydrogen-bond acceptors (Lipinski definition) is 2. The smallest absolute Gasteiger partial charge is 0.234 e. The van der Waals surface area contributed by atoms with Crippen molar-refractivity contribution < 1.29 is 18.0 Å². The summed E-state index contributed by atoms with van der Waals surface area (Å²) in [5.74, 6) is -2.76. The van der Waals surface area contributed by atoms with Gasteiger partial charge in [-0.2, -0.15) is 0 Å². The van der Waals surface area contributed by atoms with Gasteiger partial charge >= 0.3 is 0 Å². The van der Waals surface area contributed by atoms with Gasteiger partial charge in [0.1, 0.15) is 17.2 Å². The average molecular weight is 351 g/mol. The fourth-order valence-electron chi connectivity index (χ4n) is 2.16. The first-order valence-corrected chi connectivity index (χ1v) is 6.94. The molecular formula is C16H9BrF2O2. The van der Waals surface area contributed by atoms with Crippen LogP contribution in [0.4, 0.5) is 8.78 Å². The van der Waals surface area contributed by atoms with Crippen molar-refractivity contribution in [2.45, 2.75) is 6.92 Å². The minimum atomic E-state index is -0.927. The Kier molecular flexibility index (Phi) is 3.37. The Balaban J connectivity index is 2.12. The van der Waals surface area contributed by atoms with E-state index >= 15 is 0 Å². The molecule has 0 radical (unpaired) electrons. The summed E-state index contributed by atoms with van der Waals surface area (Å²) >= 11 is 2.97. The normalized spacial score (nSPS) is 11.0. The first-order chi connectivity index (χ1) is 9.95. The molecule has 3 rings (SSSR count). The number of carbonyl (C=O) groups is 1. The van der Waals surface area contributed by atoms with Gasteiger partial charge in [0.2, 0.25) is 5.78 Å². The average Bonchev–Trinajstić information content (AvgIpc) is 2.80. The first-order valence-electron chi connectivity index (χ1n) is 6.15. The maximum Gasteiger partial charge on any atom is 0.234 e. The van der Waals surface area contributed by atoms with E-state index < -0.39 is 23.0 Å². The molecule has 0 N–H and O–H groups in total. The van der Waals surface area contributed by atoms with Crippen LogP contribution in [0.5, 0.6) is 0 Å². The predicted molar refractivity (Wildman–Crippen MR) is 78.4 cm³/mol. The summed E-state index contributed by atoms with van der Waals surface area (Å²) in [6.45, 7) is 1.90. The molecule has 0 saturated heterocycles. The summed E-state index contributed by atoms with van der Waals surface area (Å²) in [6, 6.07) is 8.97. The van der Waals surface area contributed by atoms with Crippen LogP contribution in [-0.2, 0) is 0 Å². The number of carbonyl (C=O) groups excluding carboxylic acids is 1. The van der Waals surface area contributed by atoms with Crippen LogP contribution < -0.4 is 0 Å². The molecule has 1 aromatic heterocycles. The second-order valence-corrected chi connectivity index (χ2v) is 5.64. The second kappa shape index (κ2) is 5.07. The number of furan rings is 1. The maximum atomic E-state index is 13.8. The standard InChI is InChI=1S/C16H9BrF2O2/c1-8-2-3-13-9(4-8)5-14(21-13)16(20)15-11(18)6-10(17)7-12(15)19/h2-7H,1H3. The van der Waals surface area contributed by atoms with E-state index in [0.717, 1.165) is 23.1 Å². The fraction of sp³-hybridized carbons (Fsp3) is 0.0625. The Morgan fingerprint density at radius 3 is 2.43 bits per heavy atom. The van der Waals surface area contributed by atoms with Gasteiger partial charge < -0.3 is 4.42 Å². The van der Waals surface area contributed by atoms with Gasteiger partial charge in [-0.15, -0.1) is 0 Å². The molecule has 106 valence electrons. The lowest BCUT2D eigenvalue weighted by molar-refractivity contribution is 0.100. The van der Waals surface area contributed by atoms with Crippen LogP contribution >= 0.6 is 15.9 Å². The summed E-state index contributed by atoms with van der Waals surface area (Å²) in [4.78, 5) is 12.3. The van der Waals surface area contributed by atoms with Gasteiger partial charge in [-0.25, -0.2) is 8.78 Å². The van der Waals surface area contributed by atoms with E-state index in [-0.39, 0.29) is 10.2 Å². The molecule has 1 heterocycles. The Bertz CT molecular complexity index is 845. The van der Waals surface area contributed by atoms with Gasteiger partial charge in [0.25, 0.3) is 0 Å². The van der Waals surface area contributed by atoms with E-state index in [9.17, 15) is 13.6 Å². The Hall–Kier alpha value is -2.01. The zero-order valence-corrected chi connectivity index (χ0v) is 12.5. The quantitative estimate of drug-likeness (QED) is 0.608. The predicted octanol–water partition coefficient (Wildman–Crippen LogP) is 5.01. The van der Waals surface area contributed by atoms with E-state index in [0.29, 0.717) is 5.58 Å². The van der Waals surface area contributed by atoms with Crippen molar-refractivity contribution in [3.05, 3.63) is 69.4 Å². The van der Waals surface area contributed by atoms with Crippen molar-refractivity contribution in [2.24, 2.45) is 0 Å². The summed E-state index contributed by atoms with van der Waals surface area (Å²) in [6.07, 6.45) is 0. The zero-order valence-electron chi connectivity index (χ0n) is 10.9. The van der Waals surface area contributed by atoms with Crippen LogP contribution in [0, 0.1) is 18.6 Å². The number of rotatable bonds is 2. The molecule has 2 nitrogen and oxygen atoms in total. The van der Waals surface area contributed by atoms with E-state index in [2.05, 4.69) is 15.9 Å². The zero-order chi connectivity index (χ0) is 15.1. The summed E-state index contributed by atoms with van der Waals surface area (Å²) in [7, 11) is 0. The molecule has 0 aliphatic heterocycles. The van der Waals surface area contributed by atoms with E-state index in [4.69, 9.17) is 4.42 Å². The third kappa shape index (κ3) is 2.49. The molecule has 0 amide bonds. The Labute approximate surface area is 127 Å². The molecule has 0 saturated carbocycles. The van der Waals surface area contributed by atoms with Gasteiger partial charge in [0.05, 0.1) is 5.56 Å². The lowest BCUT2D eigenvalue weighted by atomic mass is 10.1. The second-order valence-electron chi connectivity index (χ2n) is 4.73. The molecule has 0 fully saturated rings. The van der Waals surface area contributed by atoms with E-state index in [1.807, 2.05) is 19.1 Å². The number of fused-ring (bicyclic) bond motifs is 1. The highest BCUT2D eigenvalue weighted by Crippen LogP contribution is 2.26. The van der Waals surface area contributed by atoms with Crippen LogP contribution in [0.15, 0.2) is 45.3 Å². The topological polar surface area (TPSA) is 30.2 Å². The van der Waals surface area contributed by atoms with Crippen LogP contribution in [0.25, 0.3) is 11.0 Å². The van der Waals surface area contributed by atoms with Crippen LogP contribution in [0.1, 0.15) is 21.7 Å². The number of benzene rings is 2. The SMILES string of the molecule is Cc1ccc2oc(C(=O)c3c(F)cc(Br)cc3F)cc2c1. The monoisotopic (exact) mass is 350 g/mol. The van der Waals surface area contributed by atoms with Crippen molar-refractivity contribution in [3.8, 4) is 0 Å². The summed E-state index contributed by atoms with van der Waals surface area (Å²) in [5.41, 5.74) is 0.888. The van der Waals surface area contributed by atoms with Crippen LogP contribution in [0.3, 0.4) is 0 Å². The lowest BCUT2D eigenvalue weighted by Gasteiger charge is -2.02. The molecule has 0 aliphatic rings. The molecule has 2 aromatic carbocycles. The maximum absolute atomic E-state index is 13.8. The van der Waals surface area contributed by atoms with Gasteiger partial charge in [-0.1, -0.05) is 27.6 Å². The van der Waals surface area contributed by atoms with Crippen molar-refractivity contribution in [1.82, 2.24) is 0 Å². The fourth-order valence-corrected chi connectivity index (χ4v) is 2.56. The van der Waals surface area contributed by atoms with Crippen molar-refractivity contribution in [2.75, 3.05) is 0 Å². The number of aryl methyl sites for hydroxylation is 1. The molecule has 0 bridgehead atoms. The van der Waals surface area contributed by atoms with Crippen molar-refractivity contribution in [3.63, 3.8) is 0 Å². The van der Waals surface area contributed by atoms with Crippen LogP contribution in [0.2, 0.25) is 0 Å². The van der Waals surface area contributed by atoms with E-state index in [1.54, 1.807) is 6.07 Å². The highest BCUT2D eigenvalue weighted by atomic mass is 79.9. The number of halogens is 3. The minimum Gasteiger partial charge on any atom is -0.453 e. The molecule has 0 atom stereocenters. The lowest BCUT2D eigenvalue weighted by Crippen LogP contribution is -2.06. The highest BCUT2D eigenvalue weighted by molar-refractivity contribution is 9.10.